The van der Waals surface area contributed by atoms with Crippen molar-refractivity contribution in [3.05, 3.63) is 65.2 Å². The first-order valence-electron chi connectivity index (χ1n) is 9.52. The number of thioether (sulfide) groups is 1. The Kier molecular flexibility index (Phi) is 6.87. The van der Waals surface area contributed by atoms with Crippen LogP contribution < -0.4 is 5.32 Å². The summed E-state index contributed by atoms with van der Waals surface area (Å²) in [6.45, 7) is 7.62. The lowest BCUT2D eigenvalue weighted by Crippen LogP contribution is -2.27. The first-order valence-corrected chi connectivity index (χ1v) is 10.5. The van der Waals surface area contributed by atoms with Crippen molar-refractivity contribution in [3.8, 4) is 11.4 Å². The van der Waals surface area contributed by atoms with E-state index in [2.05, 4.69) is 65.1 Å². The van der Waals surface area contributed by atoms with Gasteiger partial charge in [-0.1, -0.05) is 59.8 Å². The molecule has 1 heterocycles. The number of nitrogens with one attached hydrogen (secondary N) is 1. The molecular formula is C22H26N4OS. The van der Waals surface area contributed by atoms with Gasteiger partial charge in [0.2, 0.25) is 5.91 Å². The summed E-state index contributed by atoms with van der Waals surface area (Å²) in [7, 11) is 0. The van der Waals surface area contributed by atoms with Crippen molar-refractivity contribution in [2.45, 2.75) is 38.9 Å². The zero-order valence-corrected chi connectivity index (χ0v) is 17.4. The van der Waals surface area contributed by atoms with Crippen LogP contribution in [0.1, 0.15) is 23.6 Å². The number of hydrogen-bond acceptors (Lipinski definition) is 4. The molecule has 3 rings (SSSR count). The lowest BCUT2D eigenvalue weighted by Gasteiger charge is -2.09. The molecule has 6 heteroatoms. The third-order valence-electron chi connectivity index (χ3n) is 4.62. The Morgan fingerprint density at radius 1 is 1.11 bits per heavy atom. The Morgan fingerprint density at radius 2 is 1.93 bits per heavy atom. The van der Waals surface area contributed by atoms with Gasteiger partial charge in [0.25, 0.3) is 0 Å². The number of nitrogens with zero attached hydrogens (tertiary/aromatic N) is 3. The van der Waals surface area contributed by atoms with Crippen molar-refractivity contribution in [2.75, 3.05) is 12.3 Å². The van der Waals surface area contributed by atoms with Gasteiger partial charge in [-0.2, -0.15) is 0 Å². The molecule has 2 aromatic carbocycles. The maximum atomic E-state index is 12.2. The number of benzene rings is 2. The topological polar surface area (TPSA) is 59.8 Å². The third kappa shape index (κ3) is 5.01. The second kappa shape index (κ2) is 9.55. The molecule has 0 aliphatic heterocycles. The van der Waals surface area contributed by atoms with Crippen LogP contribution in [0.2, 0.25) is 0 Å². The summed E-state index contributed by atoms with van der Waals surface area (Å²) >= 11 is 1.43. The second-order valence-electron chi connectivity index (χ2n) is 6.74. The SMILES string of the molecule is CCn1c(SCC(=O)NCCc2ccccc2C)nnc1-c1cccc(C)c1. The van der Waals surface area contributed by atoms with Gasteiger partial charge in [0.1, 0.15) is 0 Å². The Hall–Kier alpha value is -2.60. The lowest BCUT2D eigenvalue weighted by atomic mass is 10.1. The monoisotopic (exact) mass is 394 g/mol. The van der Waals surface area contributed by atoms with Crippen LogP contribution in [0.4, 0.5) is 0 Å². The first-order chi connectivity index (χ1) is 13.6. The average Bonchev–Trinajstić information content (AvgIpc) is 3.11. The highest BCUT2D eigenvalue weighted by Crippen LogP contribution is 2.24. The van der Waals surface area contributed by atoms with Crippen molar-refractivity contribution >= 4 is 17.7 Å². The van der Waals surface area contributed by atoms with Crippen LogP contribution >= 0.6 is 11.8 Å². The minimum atomic E-state index is 0.0151. The largest absolute Gasteiger partial charge is 0.355 e. The summed E-state index contributed by atoms with van der Waals surface area (Å²) in [5, 5.41) is 12.4. The highest BCUT2D eigenvalue weighted by molar-refractivity contribution is 7.99. The number of amides is 1. The van der Waals surface area contributed by atoms with E-state index in [9.17, 15) is 4.79 Å². The van der Waals surface area contributed by atoms with E-state index >= 15 is 0 Å². The average molecular weight is 395 g/mol. The molecule has 0 aliphatic carbocycles. The highest BCUT2D eigenvalue weighted by atomic mass is 32.2. The minimum absolute atomic E-state index is 0.0151. The number of aryl methyl sites for hydroxylation is 2. The van der Waals surface area contributed by atoms with E-state index in [0.717, 1.165) is 29.5 Å². The van der Waals surface area contributed by atoms with E-state index in [-0.39, 0.29) is 5.91 Å². The van der Waals surface area contributed by atoms with Crippen molar-refractivity contribution in [3.63, 3.8) is 0 Å². The third-order valence-corrected chi connectivity index (χ3v) is 5.59. The molecule has 28 heavy (non-hydrogen) atoms. The van der Waals surface area contributed by atoms with Crippen LogP contribution in [0.25, 0.3) is 11.4 Å². The molecule has 0 fully saturated rings. The summed E-state index contributed by atoms with van der Waals surface area (Å²) in [4.78, 5) is 12.2. The maximum Gasteiger partial charge on any atom is 0.230 e. The molecule has 0 unspecified atom stereocenters. The van der Waals surface area contributed by atoms with Crippen LogP contribution in [-0.4, -0.2) is 33.0 Å². The predicted octanol–water partition coefficient (Wildman–Crippen LogP) is 4.03. The first kappa shape index (κ1) is 20.1. The smallest absolute Gasteiger partial charge is 0.230 e. The molecule has 0 saturated carbocycles. The molecule has 3 aromatic rings. The summed E-state index contributed by atoms with van der Waals surface area (Å²) in [5.74, 6) is 1.19. The molecule has 0 atom stereocenters. The molecular weight excluding hydrogens is 368 g/mol. The van der Waals surface area contributed by atoms with Crippen LogP contribution in [0.15, 0.2) is 53.7 Å². The van der Waals surface area contributed by atoms with E-state index in [1.165, 1.54) is 28.5 Å². The quantitative estimate of drug-likeness (QED) is 0.586. The normalized spacial score (nSPS) is 10.8. The van der Waals surface area contributed by atoms with Crippen LogP contribution in [-0.2, 0) is 17.8 Å². The predicted molar refractivity (Wildman–Crippen MR) is 114 cm³/mol. The minimum Gasteiger partial charge on any atom is -0.355 e. The van der Waals surface area contributed by atoms with Gasteiger partial charge in [-0.25, -0.2) is 0 Å². The number of hydrogen-bond donors (Lipinski definition) is 1. The fraction of sp³-hybridized carbons (Fsp3) is 0.318. The van der Waals surface area contributed by atoms with Crippen molar-refractivity contribution in [1.82, 2.24) is 20.1 Å². The van der Waals surface area contributed by atoms with Gasteiger partial charge in [0.15, 0.2) is 11.0 Å². The zero-order chi connectivity index (χ0) is 19.9. The van der Waals surface area contributed by atoms with Gasteiger partial charge in [-0.15, -0.1) is 10.2 Å². The van der Waals surface area contributed by atoms with Gasteiger partial charge in [0, 0.05) is 18.7 Å². The van der Waals surface area contributed by atoms with E-state index in [0.29, 0.717) is 12.3 Å². The summed E-state index contributed by atoms with van der Waals surface area (Å²) < 4.78 is 2.06. The van der Waals surface area contributed by atoms with E-state index < -0.39 is 0 Å². The standard InChI is InChI=1S/C22H26N4OS/c1-4-26-21(19-11-7-8-16(2)14-19)24-25-22(26)28-15-20(27)23-13-12-18-10-6-5-9-17(18)3/h5-11,14H,4,12-13,15H2,1-3H3,(H,23,27). The van der Waals surface area contributed by atoms with Gasteiger partial charge in [-0.05, 0) is 44.4 Å². The number of carbonyl (C=O) groups excluding carboxylic acids is 1. The van der Waals surface area contributed by atoms with Crippen LogP contribution in [0.3, 0.4) is 0 Å². The Morgan fingerprint density at radius 3 is 2.68 bits per heavy atom. The Balaban J connectivity index is 1.55. The zero-order valence-electron chi connectivity index (χ0n) is 16.6. The molecule has 1 aromatic heterocycles. The number of carbonyl (C=O) groups is 1. The van der Waals surface area contributed by atoms with Crippen molar-refractivity contribution < 1.29 is 4.79 Å². The fourth-order valence-electron chi connectivity index (χ4n) is 3.09. The maximum absolute atomic E-state index is 12.2. The van der Waals surface area contributed by atoms with Crippen molar-refractivity contribution in [2.24, 2.45) is 0 Å². The summed E-state index contributed by atoms with van der Waals surface area (Å²) in [6, 6.07) is 16.5. The second-order valence-corrected chi connectivity index (χ2v) is 7.68. The molecule has 1 amide bonds. The van der Waals surface area contributed by atoms with Crippen LogP contribution in [0, 0.1) is 13.8 Å². The fourth-order valence-corrected chi connectivity index (χ4v) is 3.92. The summed E-state index contributed by atoms with van der Waals surface area (Å²) in [6.07, 6.45) is 0.839. The van der Waals surface area contributed by atoms with Gasteiger partial charge in [0.05, 0.1) is 5.75 Å². The van der Waals surface area contributed by atoms with Gasteiger partial charge < -0.3 is 9.88 Å². The van der Waals surface area contributed by atoms with E-state index in [1.807, 2.05) is 24.3 Å². The number of aromatic nitrogens is 3. The summed E-state index contributed by atoms with van der Waals surface area (Å²) in [5.41, 5.74) is 4.75. The van der Waals surface area contributed by atoms with Crippen LogP contribution in [0.5, 0.6) is 0 Å². The highest BCUT2D eigenvalue weighted by Gasteiger charge is 2.14. The van der Waals surface area contributed by atoms with E-state index in [1.54, 1.807) is 0 Å². The molecule has 0 aliphatic rings. The van der Waals surface area contributed by atoms with Gasteiger partial charge in [-0.3, -0.25) is 4.79 Å². The molecule has 1 N–H and O–H groups in total. The Labute approximate surface area is 170 Å². The van der Waals surface area contributed by atoms with E-state index in [4.69, 9.17) is 0 Å². The molecule has 0 spiro atoms. The lowest BCUT2D eigenvalue weighted by molar-refractivity contribution is -0.118. The molecule has 146 valence electrons. The van der Waals surface area contributed by atoms with Crippen molar-refractivity contribution in [1.29, 1.82) is 0 Å². The molecule has 0 saturated heterocycles. The molecule has 5 nitrogen and oxygen atoms in total. The number of rotatable bonds is 8. The molecule has 0 bridgehead atoms. The Bertz CT molecular complexity index is 951. The molecule has 0 radical (unpaired) electrons. The van der Waals surface area contributed by atoms with Gasteiger partial charge >= 0.3 is 0 Å².